The predicted octanol–water partition coefficient (Wildman–Crippen LogP) is 11.1. The number of phenols is 2. The minimum atomic E-state index is -0.318. The van der Waals surface area contributed by atoms with Crippen LogP contribution in [0.5, 0.6) is 23.0 Å². The molecule has 9 rings (SSSR count). The highest BCUT2D eigenvalue weighted by Gasteiger charge is 2.49. The lowest BCUT2D eigenvalue weighted by molar-refractivity contribution is -0.132. The average molecular weight is 789 g/mol. The Bertz CT molecular complexity index is 1960. The van der Waals surface area contributed by atoms with Crippen LogP contribution in [0.15, 0.2) is 72.8 Å². The lowest BCUT2D eigenvalue weighted by Gasteiger charge is -2.36. The predicted molar refractivity (Wildman–Crippen MR) is 230 cm³/mol. The van der Waals surface area contributed by atoms with Gasteiger partial charge in [0.1, 0.15) is 23.0 Å². The van der Waals surface area contributed by atoms with Gasteiger partial charge in [0.25, 0.3) is 0 Å². The molecule has 2 N–H and O–H groups in total. The molecule has 3 atom stereocenters. The van der Waals surface area contributed by atoms with Crippen molar-refractivity contribution in [3.63, 3.8) is 0 Å². The van der Waals surface area contributed by atoms with Gasteiger partial charge in [-0.05, 0) is 128 Å². The van der Waals surface area contributed by atoms with Crippen LogP contribution in [0.3, 0.4) is 0 Å². The van der Waals surface area contributed by atoms with Crippen molar-refractivity contribution in [1.82, 2.24) is 0 Å². The molecule has 0 bridgehead atoms. The molecule has 0 radical (unpaired) electrons. The summed E-state index contributed by atoms with van der Waals surface area (Å²) < 4.78 is 16.6. The third-order valence-corrected chi connectivity index (χ3v) is 13.5. The summed E-state index contributed by atoms with van der Waals surface area (Å²) in [7, 11) is 1.86. The van der Waals surface area contributed by atoms with Crippen molar-refractivity contribution in [1.29, 1.82) is 0 Å². The highest BCUT2D eigenvalue weighted by Crippen LogP contribution is 2.58. The summed E-state index contributed by atoms with van der Waals surface area (Å²) in [6.45, 7) is 13.8. The molecular formula is C51H64O7. The van der Waals surface area contributed by atoms with Crippen LogP contribution in [-0.4, -0.2) is 35.4 Å². The highest BCUT2D eigenvalue weighted by atomic mass is 16.5. The van der Waals surface area contributed by atoms with Gasteiger partial charge in [-0.2, -0.15) is 0 Å². The van der Waals surface area contributed by atoms with E-state index in [0.717, 1.165) is 91.4 Å². The Morgan fingerprint density at radius 1 is 0.621 bits per heavy atom. The number of ether oxygens (including phenoxy) is 3. The molecule has 1 fully saturated rings. The standard InChI is InChI=1S/C21H20O4.C17H16O2.C11H22O.C2H6/c1-13(22)24-17-7-3-5-15-9-11-21(19(15)17)12-10-16-6-4-8-18(20(16)21)25-14(2)23;18-13-5-1-3-11-7-9-17(15(11)13)10-8-12-4-2-6-14(19)16(12)17;1-8(2)10-6-5-9(3)7-11(10)12-4;1-2/h3-8H,9-12H2,1-2H3;1-6,18-19H,7-10H2;8-11H,5-7H2,1-4H3;1-2H3/t;;9-,10+,11-;/m..1./s1. The fourth-order valence-electron chi connectivity index (χ4n) is 11.1. The molecule has 5 aliphatic rings. The number of carbonyl (C=O) groups is 2. The Kier molecular flexibility index (Phi) is 13.4. The van der Waals surface area contributed by atoms with E-state index in [0.29, 0.717) is 29.1 Å². The molecule has 4 aromatic rings. The fourth-order valence-corrected chi connectivity index (χ4v) is 11.1. The average Bonchev–Trinajstić information content (AvgIpc) is 3.98. The van der Waals surface area contributed by atoms with Crippen molar-refractivity contribution in [2.24, 2.45) is 17.8 Å². The maximum Gasteiger partial charge on any atom is 0.308 e. The molecule has 7 heteroatoms. The smallest absolute Gasteiger partial charge is 0.308 e. The van der Waals surface area contributed by atoms with Gasteiger partial charge in [-0.25, -0.2) is 0 Å². The van der Waals surface area contributed by atoms with Gasteiger partial charge < -0.3 is 24.4 Å². The molecule has 0 saturated heterocycles. The number of hydrogen-bond donors (Lipinski definition) is 2. The third-order valence-electron chi connectivity index (χ3n) is 13.5. The molecule has 7 nitrogen and oxygen atoms in total. The van der Waals surface area contributed by atoms with E-state index >= 15 is 0 Å². The van der Waals surface area contributed by atoms with Crippen LogP contribution in [0.1, 0.15) is 138 Å². The number of rotatable bonds is 4. The Hall–Kier alpha value is -4.62. The lowest BCUT2D eigenvalue weighted by Crippen LogP contribution is -2.33. The second-order valence-electron chi connectivity index (χ2n) is 17.2. The maximum atomic E-state index is 11.6. The van der Waals surface area contributed by atoms with E-state index in [-0.39, 0.29) is 22.8 Å². The molecule has 58 heavy (non-hydrogen) atoms. The van der Waals surface area contributed by atoms with Crippen molar-refractivity contribution < 1.29 is 34.0 Å². The minimum Gasteiger partial charge on any atom is -0.508 e. The monoisotopic (exact) mass is 788 g/mol. The van der Waals surface area contributed by atoms with Gasteiger partial charge in [0, 0.05) is 54.0 Å². The molecule has 0 aliphatic heterocycles. The number of phenolic OH excluding ortho intramolecular Hbond substituents is 2. The maximum absolute atomic E-state index is 11.6. The van der Waals surface area contributed by atoms with Gasteiger partial charge in [0.05, 0.1) is 6.10 Å². The summed E-state index contributed by atoms with van der Waals surface area (Å²) in [5, 5.41) is 20.6. The van der Waals surface area contributed by atoms with E-state index in [1.54, 1.807) is 12.1 Å². The van der Waals surface area contributed by atoms with Crippen molar-refractivity contribution in [3.05, 3.63) is 117 Å². The summed E-state index contributed by atoms with van der Waals surface area (Å²) in [5.41, 5.74) is 8.75. The SMILES string of the molecule is CC.CC(=O)Oc1cccc2c1C1(CC2)CCc2cccc(OC(C)=O)c21.CO[C@@H]1C[C@H](C)CC[C@H]1C(C)C.Oc1cccc2c1C1(CC2)CCc2cccc(O)c21. The molecule has 0 unspecified atom stereocenters. The minimum absolute atomic E-state index is 0.165. The number of esters is 2. The first kappa shape index (κ1) is 43.0. The second kappa shape index (κ2) is 18.1. The molecule has 0 heterocycles. The Labute approximate surface area is 346 Å². The van der Waals surface area contributed by atoms with Crippen LogP contribution < -0.4 is 9.47 Å². The summed E-state index contributed by atoms with van der Waals surface area (Å²) in [4.78, 5) is 23.2. The van der Waals surface area contributed by atoms with E-state index in [4.69, 9.17) is 14.2 Å². The van der Waals surface area contributed by atoms with E-state index < -0.39 is 0 Å². The van der Waals surface area contributed by atoms with Crippen LogP contribution in [0, 0.1) is 17.8 Å². The molecular weight excluding hydrogens is 725 g/mol. The number of benzene rings is 4. The number of hydrogen-bond acceptors (Lipinski definition) is 7. The van der Waals surface area contributed by atoms with Crippen LogP contribution in [-0.2, 0) is 50.8 Å². The number of carbonyl (C=O) groups excluding carboxylic acids is 2. The van der Waals surface area contributed by atoms with Crippen molar-refractivity contribution in [2.45, 2.75) is 136 Å². The van der Waals surface area contributed by atoms with E-state index in [1.165, 1.54) is 55.4 Å². The van der Waals surface area contributed by atoms with Crippen molar-refractivity contribution >= 4 is 11.9 Å². The molecule has 4 aromatic carbocycles. The fraction of sp³-hybridized carbons (Fsp3) is 0.490. The van der Waals surface area contributed by atoms with E-state index in [1.807, 2.05) is 57.4 Å². The Balaban J connectivity index is 0.000000152. The highest BCUT2D eigenvalue weighted by molar-refractivity contribution is 5.74. The normalized spacial score (nSPS) is 20.9. The first-order valence-corrected chi connectivity index (χ1v) is 21.7. The number of fused-ring (bicyclic) bond motifs is 8. The van der Waals surface area contributed by atoms with Gasteiger partial charge in [-0.15, -0.1) is 0 Å². The molecule has 310 valence electrons. The van der Waals surface area contributed by atoms with Crippen molar-refractivity contribution in [3.8, 4) is 23.0 Å². The number of methoxy groups -OCH3 is 1. The van der Waals surface area contributed by atoms with Gasteiger partial charge in [-0.1, -0.05) is 89.6 Å². The van der Waals surface area contributed by atoms with Crippen LogP contribution >= 0.6 is 0 Å². The molecule has 0 amide bonds. The zero-order valence-corrected chi connectivity index (χ0v) is 36.0. The largest absolute Gasteiger partial charge is 0.508 e. The zero-order valence-electron chi connectivity index (χ0n) is 36.0. The first-order valence-electron chi connectivity index (χ1n) is 21.7. The number of aryl methyl sites for hydroxylation is 4. The van der Waals surface area contributed by atoms with Crippen molar-refractivity contribution in [2.75, 3.05) is 7.11 Å². The third kappa shape index (κ3) is 8.16. The summed E-state index contributed by atoms with van der Waals surface area (Å²) in [6, 6.07) is 23.3. The quantitative estimate of drug-likeness (QED) is 0.157. The zero-order chi connectivity index (χ0) is 41.8. The first-order chi connectivity index (χ1) is 27.9. The molecule has 0 aromatic heterocycles. The molecule has 1 saturated carbocycles. The van der Waals surface area contributed by atoms with Gasteiger partial charge in [-0.3, -0.25) is 9.59 Å². The van der Waals surface area contributed by atoms with Crippen LogP contribution in [0.2, 0.25) is 0 Å². The van der Waals surface area contributed by atoms with Gasteiger partial charge in [0.15, 0.2) is 0 Å². The topological polar surface area (TPSA) is 102 Å². The van der Waals surface area contributed by atoms with Crippen LogP contribution in [0.25, 0.3) is 0 Å². The van der Waals surface area contributed by atoms with Gasteiger partial charge >= 0.3 is 11.9 Å². The molecule has 2 spiro atoms. The summed E-state index contributed by atoms with van der Waals surface area (Å²) in [6.07, 6.45) is 12.2. The van der Waals surface area contributed by atoms with Crippen LogP contribution in [0.4, 0.5) is 0 Å². The molecule has 5 aliphatic carbocycles. The van der Waals surface area contributed by atoms with E-state index in [9.17, 15) is 19.8 Å². The number of aromatic hydroxyl groups is 2. The van der Waals surface area contributed by atoms with E-state index in [2.05, 4.69) is 45.0 Å². The Morgan fingerprint density at radius 2 is 1.00 bits per heavy atom. The second-order valence-corrected chi connectivity index (χ2v) is 17.2. The summed E-state index contributed by atoms with van der Waals surface area (Å²) >= 11 is 0. The lowest BCUT2D eigenvalue weighted by atomic mass is 9.75. The van der Waals surface area contributed by atoms with Gasteiger partial charge in [0.2, 0.25) is 0 Å². The Morgan fingerprint density at radius 3 is 1.38 bits per heavy atom. The summed E-state index contributed by atoms with van der Waals surface area (Å²) in [5.74, 6) is 3.83.